The molecule has 2 aromatic rings. The van der Waals surface area contributed by atoms with Gasteiger partial charge in [-0.25, -0.2) is 0 Å². The Balaban J connectivity index is 1.68. The van der Waals surface area contributed by atoms with Crippen LogP contribution >= 0.6 is 11.3 Å². The highest BCUT2D eigenvalue weighted by molar-refractivity contribution is 7.10. The molecule has 3 rings (SSSR count). The summed E-state index contributed by atoms with van der Waals surface area (Å²) in [5.74, 6) is 0.769. The summed E-state index contributed by atoms with van der Waals surface area (Å²) in [6.45, 7) is 0.239. The van der Waals surface area contributed by atoms with Gasteiger partial charge in [0.2, 0.25) is 0 Å². The van der Waals surface area contributed by atoms with Crippen molar-refractivity contribution in [3.05, 3.63) is 52.2 Å². The molecule has 1 atom stereocenters. The Morgan fingerprint density at radius 2 is 2.09 bits per heavy atom. The van der Waals surface area contributed by atoms with Crippen LogP contribution in [0.25, 0.3) is 0 Å². The van der Waals surface area contributed by atoms with Crippen molar-refractivity contribution in [3.63, 3.8) is 0 Å². The van der Waals surface area contributed by atoms with Crippen LogP contribution in [0.1, 0.15) is 28.1 Å². The fourth-order valence-electron chi connectivity index (χ4n) is 2.58. The van der Waals surface area contributed by atoms with E-state index in [1.165, 1.54) is 11.3 Å². The van der Waals surface area contributed by atoms with E-state index >= 15 is 0 Å². The Kier molecular flexibility index (Phi) is 4.18. The Bertz CT molecular complexity index is 634. The smallest absolute Gasteiger partial charge is 0.251 e. The molecule has 0 saturated heterocycles. The number of nitrogens with one attached hydrogen (secondary N) is 1. The van der Waals surface area contributed by atoms with Gasteiger partial charge in [-0.3, -0.25) is 4.79 Å². The van der Waals surface area contributed by atoms with Crippen molar-refractivity contribution in [2.24, 2.45) is 5.92 Å². The third-order valence-corrected chi connectivity index (χ3v) is 5.11. The van der Waals surface area contributed by atoms with Crippen molar-refractivity contribution in [2.45, 2.75) is 18.4 Å². The molecule has 0 bridgehead atoms. The lowest BCUT2D eigenvalue weighted by Gasteiger charge is -2.27. The van der Waals surface area contributed by atoms with Gasteiger partial charge in [-0.1, -0.05) is 6.07 Å². The van der Waals surface area contributed by atoms with E-state index < -0.39 is 5.60 Å². The predicted molar refractivity (Wildman–Crippen MR) is 86.3 cm³/mol. The van der Waals surface area contributed by atoms with Gasteiger partial charge in [0.25, 0.3) is 5.91 Å². The van der Waals surface area contributed by atoms with Gasteiger partial charge >= 0.3 is 0 Å². The minimum Gasteiger partial charge on any atom is -0.497 e. The molecule has 1 saturated carbocycles. The van der Waals surface area contributed by atoms with E-state index in [1.807, 2.05) is 17.5 Å². The van der Waals surface area contributed by atoms with Gasteiger partial charge in [0, 0.05) is 10.4 Å². The summed E-state index contributed by atoms with van der Waals surface area (Å²) in [6.07, 6.45) is 2.01. The minimum atomic E-state index is -0.948. The number of hydrogen-bond acceptors (Lipinski definition) is 4. The lowest BCUT2D eigenvalue weighted by Crippen LogP contribution is -2.42. The van der Waals surface area contributed by atoms with E-state index in [9.17, 15) is 9.90 Å². The van der Waals surface area contributed by atoms with E-state index in [-0.39, 0.29) is 18.4 Å². The van der Waals surface area contributed by atoms with Crippen LogP contribution in [0.3, 0.4) is 0 Å². The molecule has 1 aromatic carbocycles. The molecule has 1 unspecified atom stereocenters. The molecule has 2 N–H and O–H groups in total. The van der Waals surface area contributed by atoms with E-state index in [1.54, 1.807) is 31.4 Å². The summed E-state index contributed by atoms with van der Waals surface area (Å²) >= 11 is 1.53. The zero-order valence-corrected chi connectivity index (χ0v) is 13.2. The van der Waals surface area contributed by atoms with Gasteiger partial charge in [0.05, 0.1) is 13.7 Å². The number of methoxy groups -OCH3 is 1. The second-order valence-electron chi connectivity index (χ2n) is 5.59. The maximum absolute atomic E-state index is 12.2. The Labute approximate surface area is 133 Å². The van der Waals surface area contributed by atoms with Crippen LogP contribution in [0.4, 0.5) is 0 Å². The van der Waals surface area contributed by atoms with Crippen LogP contribution < -0.4 is 10.1 Å². The molecule has 0 radical (unpaired) electrons. The summed E-state index contributed by atoms with van der Waals surface area (Å²) in [5, 5.41) is 15.8. The number of amides is 1. The second kappa shape index (κ2) is 6.10. The third-order valence-electron chi connectivity index (χ3n) is 4.07. The lowest BCUT2D eigenvalue weighted by atomic mass is 9.95. The largest absolute Gasteiger partial charge is 0.497 e. The van der Waals surface area contributed by atoms with E-state index in [4.69, 9.17) is 4.74 Å². The van der Waals surface area contributed by atoms with E-state index in [2.05, 4.69) is 5.32 Å². The first kappa shape index (κ1) is 15.1. The lowest BCUT2D eigenvalue weighted by molar-refractivity contribution is 0.0169. The quantitative estimate of drug-likeness (QED) is 0.861. The van der Waals surface area contributed by atoms with Crippen molar-refractivity contribution in [1.29, 1.82) is 0 Å². The number of benzene rings is 1. The van der Waals surface area contributed by atoms with Crippen molar-refractivity contribution < 1.29 is 14.6 Å². The van der Waals surface area contributed by atoms with Gasteiger partial charge < -0.3 is 15.2 Å². The highest BCUT2D eigenvalue weighted by Gasteiger charge is 2.45. The van der Waals surface area contributed by atoms with Gasteiger partial charge in [-0.15, -0.1) is 11.3 Å². The average molecular weight is 317 g/mol. The molecule has 5 heteroatoms. The zero-order valence-electron chi connectivity index (χ0n) is 12.4. The topological polar surface area (TPSA) is 58.6 Å². The van der Waals surface area contributed by atoms with Gasteiger partial charge in [0.15, 0.2) is 0 Å². The number of carbonyl (C=O) groups excluding carboxylic acids is 1. The zero-order chi connectivity index (χ0) is 15.6. The van der Waals surface area contributed by atoms with Crippen LogP contribution in [-0.4, -0.2) is 24.7 Å². The number of hydrogen-bond donors (Lipinski definition) is 2. The first-order valence-corrected chi connectivity index (χ1v) is 8.20. The normalized spacial score (nSPS) is 16.8. The molecule has 0 spiro atoms. The molecule has 1 aliphatic carbocycles. The summed E-state index contributed by atoms with van der Waals surface area (Å²) in [4.78, 5) is 13.2. The van der Waals surface area contributed by atoms with E-state index in [0.29, 0.717) is 11.3 Å². The monoisotopic (exact) mass is 317 g/mol. The molecule has 1 aromatic heterocycles. The maximum atomic E-state index is 12.2. The fourth-order valence-corrected chi connectivity index (χ4v) is 3.48. The molecule has 4 nitrogen and oxygen atoms in total. The van der Waals surface area contributed by atoms with Gasteiger partial charge in [0.1, 0.15) is 11.4 Å². The first-order valence-electron chi connectivity index (χ1n) is 7.32. The maximum Gasteiger partial charge on any atom is 0.251 e. The van der Waals surface area contributed by atoms with Crippen LogP contribution in [0.15, 0.2) is 41.8 Å². The fraction of sp³-hybridized carbons (Fsp3) is 0.353. The number of thiophene rings is 1. The van der Waals surface area contributed by atoms with Gasteiger partial charge in [-0.05, 0) is 54.5 Å². The molecule has 1 amide bonds. The highest BCUT2D eigenvalue weighted by Crippen LogP contribution is 2.46. The molecule has 1 aliphatic rings. The van der Waals surface area contributed by atoms with Crippen LogP contribution in [0, 0.1) is 5.92 Å². The summed E-state index contributed by atoms with van der Waals surface area (Å²) in [6, 6.07) is 10.8. The Morgan fingerprint density at radius 3 is 2.64 bits per heavy atom. The SMILES string of the molecule is COc1ccc(C(=O)NCC(O)(c2cccs2)C2CC2)cc1. The number of aliphatic hydroxyl groups is 1. The van der Waals surface area contributed by atoms with E-state index in [0.717, 1.165) is 17.7 Å². The minimum absolute atomic E-state index is 0.182. The molecular weight excluding hydrogens is 298 g/mol. The number of rotatable bonds is 6. The Morgan fingerprint density at radius 1 is 1.36 bits per heavy atom. The summed E-state index contributed by atoms with van der Waals surface area (Å²) in [7, 11) is 1.59. The number of carbonyl (C=O) groups is 1. The first-order chi connectivity index (χ1) is 10.6. The number of ether oxygens (including phenoxy) is 1. The standard InChI is InChI=1S/C17H19NO3S/c1-21-14-8-4-12(5-9-14)16(19)18-11-17(20,13-6-7-13)15-3-2-10-22-15/h2-5,8-10,13,20H,6-7,11H2,1H3,(H,18,19). The summed E-state index contributed by atoms with van der Waals surface area (Å²) < 4.78 is 5.08. The van der Waals surface area contributed by atoms with Crippen LogP contribution in [-0.2, 0) is 5.60 Å². The molecular formula is C17H19NO3S. The molecule has 0 aliphatic heterocycles. The third kappa shape index (κ3) is 3.00. The second-order valence-corrected chi connectivity index (χ2v) is 6.53. The average Bonchev–Trinajstić information content (AvgIpc) is 3.27. The molecule has 1 fully saturated rings. The van der Waals surface area contributed by atoms with Crippen molar-refractivity contribution in [2.75, 3.05) is 13.7 Å². The van der Waals surface area contributed by atoms with Crippen molar-refractivity contribution in [1.82, 2.24) is 5.32 Å². The van der Waals surface area contributed by atoms with Crippen LogP contribution in [0.5, 0.6) is 5.75 Å². The van der Waals surface area contributed by atoms with Gasteiger partial charge in [-0.2, -0.15) is 0 Å². The highest BCUT2D eigenvalue weighted by atomic mass is 32.1. The van der Waals surface area contributed by atoms with Crippen LogP contribution in [0.2, 0.25) is 0 Å². The predicted octanol–water partition coefficient (Wildman–Crippen LogP) is 2.78. The summed E-state index contributed by atoms with van der Waals surface area (Å²) in [5.41, 5.74) is -0.388. The Hall–Kier alpha value is -1.85. The molecule has 1 heterocycles. The van der Waals surface area contributed by atoms with Crippen molar-refractivity contribution in [3.8, 4) is 5.75 Å². The molecule has 22 heavy (non-hydrogen) atoms. The molecule has 116 valence electrons. The van der Waals surface area contributed by atoms with Crippen molar-refractivity contribution >= 4 is 17.2 Å².